The van der Waals surface area contributed by atoms with E-state index in [-0.39, 0.29) is 16.9 Å². The molecule has 0 spiro atoms. The maximum Gasteiger partial charge on any atom is 0.273 e. The molecule has 7 heteroatoms. The number of carbonyl (C=O) groups is 1. The van der Waals surface area contributed by atoms with Crippen LogP contribution >= 0.6 is 0 Å². The zero-order valence-corrected chi connectivity index (χ0v) is 12.1. The number of rotatable bonds is 5. The molecule has 0 saturated carbocycles. The maximum atomic E-state index is 12.1. The number of hydrogen-bond acceptors (Lipinski definition) is 5. The summed E-state index contributed by atoms with van der Waals surface area (Å²) in [6.45, 7) is 1.59. The Morgan fingerprint density at radius 1 is 1.04 bits per heavy atom. The molecular weight excluding hydrogens is 300 g/mol. The van der Waals surface area contributed by atoms with Gasteiger partial charge in [-0.05, 0) is 18.6 Å². The predicted octanol–water partition coefficient (Wildman–Crippen LogP) is 3.71. The molecule has 0 fully saturated rings. The molecule has 0 unspecified atom stereocenters. The van der Waals surface area contributed by atoms with Gasteiger partial charge in [0.05, 0.1) is 9.85 Å². The zero-order valence-electron chi connectivity index (χ0n) is 12.1. The van der Waals surface area contributed by atoms with Crippen LogP contribution in [-0.2, 0) is 0 Å². The molecular formula is C16H12N2O5. The van der Waals surface area contributed by atoms with Crippen molar-refractivity contribution in [2.24, 2.45) is 0 Å². The van der Waals surface area contributed by atoms with E-state index >= 15 is 0 Å². The number of aryl methyl sites for hydroxylation is 1. The van der Waals surface area contributed by atoms with Crippen molar-refractivity contribution in [1.82, 2.24) is 0 Å². The van der Waals surface area contributed by atoms with Crippen molar-refractivity contribution in [1.29, 1.82) is 0 Å². The normalized spacial score (nSPS) is 10.7. The number of nitrogens with zero attached hydrogens (tertiary/aromatic N) is 2. The Morgan fingerprint density at radius 2 is 1.78 bits per heavy atom. The third-order valence-corrected chi connectivity index (χ3v) is 3.20. The van der Waals surface area contributed by atoms with Gasteiger partial charge < -0.3 is 0 Å². The van der Waals surface area contributed by atoms with E-state index in [9.17, 15) is 25.0 Å². The SMILES string of the molecule is Cc1ccc(C(=O)/C=C/c2cccc([N+](=O)[O-])c2)cc1[N+](=O)[O-]. The fourth-order valence-corrected chi connectivity index (χ4v) is 1.97. The van der Waals surface area contributed by atoms with E-state index < -0.39 is 15.6 Å². The summed E-state index contributed by atoms with van der Waals surface area (Å²) in [7, 11) is 0. The monoisotopic (exact) mass is 312 g/mol. The van der Waals surface area contributed by atoms with Gasteiger partial charge in [-0.25, -0.2) is 0 Å². The average Bonchev–Trinajstić information content (AvgIpc) is 2.53. The Balaban J connectivity index is 2.25. The minimum atomic E-state index is -0.545. The number of carbonyl (C=O) groups excluding carboxylic acids is 1. The molecule has 0 bridgehead atoms. The van der Waals surface area contributed by atoms with Crippen molar-refractivity contribution < 1.29 is 14.6 Å². The molecule has 0 saturated heterocycles. The van der Waals surface area contributed by atoms with Gasteiger partial charge >= 0.3 is 0 Å². The Morgan fingerprint density at radius 3 is 2.43 bits per heavy atom. The highest BCUT2D eigenvalue weighted by Crippen LogP contribution is 2.20. The first kappa shape index (κ1) is 16.0. The molecule has 0 aromatic heterocycles. The Bertz CT molecular complexity index is 827. The minimum Gasteiger partial charge on any atom is -0.289 e. The summed E-state index contributed by atoms with van der Waals surface area (Å²) in [5, 5.41) is 21.6. The highest BCUT2D eigenvalue weighted by Gasteiger charge is 2.13. The van der Waals surface area contributed by atoms with Gasteiger partial charge in [-0.3, -0.25) is 25.0 Å². The van der Waals surface area contributed by atoms with E-state index in [4.69, 9.17) is 0 Å². The Labute approximate surface area is 131 Å². The summed E-state index contributed by atoms with van der Waals surface area (Å²) in [4.78, 5) is 32.6. The van der Waals surface area contributed by atoms with Crippen molar-refractivity contribution in [2.75, 3.05) is 0 Å². The second-order valence-electron chi connectivity index (χ2n) is 4.81. The highest BCUT2D eigenvalue weighted by atomic mass is 16.6. The summed E-state index contributed by atoms with van der Waals surface area (Å²) in [6.07, 6.45) is 2.66. The molecule has 0 N–H and O–H groups in total. The fourth-order valence-electron chi connectivity index (χ4n) is 1.97. The van der Waals surface area contributed by atoms with Crippen LogP contribution in [0.2, 0.25) is 0 Å². The number of benzene rings is 2. The molecule has 0 heterocycles. The van der Waals surface area contributed by atoms with Gasteiger partial charge in [0.1, 0.15) is 0 Å². The maximum absolute atomic E-state index is 12.1. The molecule has 116 valence electrons. The predicted molar refractivity (Wildman–Crippen MR) is 84.3 cm³/mol. The molecule has 0 amide bonds. The number of nitro benzene ring substituents is 2. The van der Waals surface area contributed by atoms with Crippen molar-refractivity contribution in [2.45, 2.75) is 6.92 Å². The summed E-state index contributed by atoms with van der Waals surface area (Å²) < 4.78 is 0. The van der Waals surface area contributed by atoms with Crippen molar-refractivity contribution in [3.05, 3.63) is 85.5 Å². The van der Waals surface area contributed by atoms with Gasteiger partial charge in [-0.2, -0.15) is 0 Å². The molecule has 0 aliphatic rings. The minimum absolute atomic E-state index is 0.0782. The molecule has 0 atom stereocenters. The van der Waals surface area contributed by atoms with Gasteiger partial charge in [0, 0.05) is 29.3 Å². The van der Waals surface area contributed by atoms with Crippen LogP contribution in [0.5, 0.6) is 0 Å². The molecule has 2 aromatic carbocycles. The van der Waals surface area contributed by atoms with E-state index in [1.807, 2.05) is 0 Å². The standard InChI is InChI=1S/C16H12N2O5/c1-11-5-7-13(10-15(11)18(22)23)16(19)8-6-12-3-2-4-14(9-12)17(20)21/h2-10H,1H3/b8-6+. The second kappa shape index (κ2) is 6.61. The molecule has 7 nitrogen and oxygen atoms in total. The van der Waals surface area contributed by atoms with Crippen LogP contribution in [0.15, 0.2) is 48.5 Å². The van der Waals surface area contributed by atoms with Gasteiger partial charge in [-0.1, -0.05) is 30.3 Å². The van der Waals surface area contributed by atoms with Gasteiger partial charge in [0.25, 0.3) is 11.4 Å². The number of nitro groups is 2. The first-order valence-corrected chi connectivity index (χ1v) is 6.60. The number of non-ortho nitro benzene ring substituents is 1. The van der Waals surface area contributed by atoms with Crippen LogP contribution in [0.1, 0.15) is 21.5 Å². The van der Waals surface area contributed by atoms with Crippen LogP contribution in [0, 0.1) is 27.2 Å². The summed E-state index contributed by atoms with van der Waals surface area (Å²) in [6, 6.07) is 10.0. The van der Waals surface area contributed by atoms with E-state index in [1.54, 1.807) is 13.0 Å². The first-order valence-electron chi connectivity index (χ1n) is 6.60. The molecule has 2 rings (SSSR count). The summed E-state index contributed by atoms with van der Waals surface area (Å²) in [5.41, 5.74) is 0.942. The summed E-state index contributed by atoms with van der Waals surface area (Å²) in [5.74, 6) is -0.417. The lowest BCUT2D eigenvalue weighted by Crippen LogP contribution is -1.98. The van der Waals surface area contributed by atoms with Gasteiger partial charge in [0.2, 0.25) is 0 Å². The number of hydrogen-bond donors (Lipinski definition) is 0. The van der Waals surface area contributed by atoms with E-state index in [1.165, 1.54) is 48.6 Å². The smallest absolute Gasteiger partial charge is 0.273 e. The third-order valence-electron chi connectivity index (χ3n) is 3.20. The number of ketones is 1. The van der Waals surface area contributed by atoms with Crippen molar-refractivity contribution in [3.63, 3.8) is 0 Å². The first-order chi connectivity index (χ1) is 10.9. The lowest BCUT2D eigenvalue weighted by atomic mass is 10.1. The highest BCUT2D eigenvalue weighted by molar-refractivity contribution is 6.07. The van der Waals surface area contributed by atoms with E-state index in [0.717, 1.165) is 0 Å². The lowest BCUT2D eigenvalue weighted by molar-refractivity contribution is -0.385. The van der Waals surface area contributed by atoms with Crippen LogP contribution in [-0.4, -0.2) is 15.6 Å². The molecule has 0 radical (unpaired) electrons. The van der Waals surface area contributed by atoms with Crippen molar-refractivity contribution in [3.8, 4) is 0 Å². The van der Waals surface area contributed by atoms with Gasteiger partial charge in [-0.15, -0.1) is 0 Å². The zero-order chi connectivity index (χ0) is 17.0. The van der Waals surface area contributed by atoms with E-state index in [2.05, 4.69) is 0 Å². The largest absolute Gasteiger partial charge is 0.289 e. The molecule has 0 aliphatic carbocycles. The van der Waals surface area contributed by atoms with Crippen LogP contribution in [0.3, 0.4) is 0 Å². The fraction of sp³-hybridized carbons (Fsp3) is 0.0625. The Kier molecular flexibility index (Phi) is 4.61. The van der Waals surface area contributed by atoms with Crippen LogP contribution in [0.25, 0.3) is 6.08 Å². The lowest BCUT2D eigenvalue weighted by Gasteiger charge is -2.00. The van der Waals surface area contributed by atoms with Crippen LogP contribution in [0.4, 0.5) is 11.4 Å². The number of allylic oxidation sites excluding steroid dienone is 1. The molecule has 23 heavy (non-hydrogen) atoms. The van der Waals surface area contributed by atoms with E-state index in [0.29, 0.717) is 11.1 Å². The van der Waals surface area contributed by atoms with Gasteiger partial charge in [0.15, 0.2) is 5.78 Å². The molecule has 2 aromatic rings. The topological polar surface area (TPSA) is 103 Å². The second-order valence-corrected chi connectivity index (χ2v) is 4.81. The summed E-state index contributed by atoms with van der Waals surface area (Å²) >= 11 is 0. The van der Waals surface area contributed by atoms with Crippen molar-refractivity contribution >= 4 is 23.2 Å². The van der Waals surface area contributed by atoms with Crippen LogP contribution < -0.4 is 0 Å². The third kappa shape index (κ3) is 3.85. The quantitative estimate of drug-likeness (QED) is 0.362. The molecule has 0 aliphatic heterocycles. The Hall–Kier alpha value is -3.35. The average molecular weight is 312 g/mol.